The van der Waals surface area contributed by atoms with Gasteiger partial charge in [-0.05, 0) is 54.8 Å². The SMILES string of the molecule is Cc1c(Cl)c(C)c(Cl)c(OCC(=O)NCc2ccc(-c3nc4ccccc4o3)cc2)c1Cl. The number of aromatic nitrogens is 1. The Kier molecular flexibility index (Phi) is 6.60. The Morgan fingerprint density at radius 3 is 2.28 bits per heavy atom. The normalized spacial score (nSPS) is 11.0. The molecule has 3 aromatic carbocycles. The lowest BCUT2D eigenvalue weighted by atomic mass is 10.1. The molecule has 0 aliphatic rings. The summed E-state index contributed by atoms with van der Waals surface area (Å²) in [5.41, 5.74) is 4.65. The van der Waals surface area contributed by atoms with Gasteiger partial charge in [0.15, 0.2) is 17.9 Å². The quantitative estimate of drug-likeness (QED) is 0.325. The summed E-state index contributed by atoms with van der Waals surface area (Å²) in [6.07, 6.45) is 0. The van der Waals surface area contributed by atoms with Crippen LogP contribution in [-0.4, -0.2) is 17.5 Å². The van der Waals surface area contributed by atoms with E-state index >= 15 is 0 Å². The van der Waals surface area contributed by atoms with Crippen LogP contribution in [0.4, 0.5) is 0 Å². The molecule has 1 N–H and O–H groups in total. The van der Waals surface area contributed by atoms with Gasteiger partial charge < -0.3 is 14.5 Å². The average Bonchev–Trinajstić information content (AvgIpc) is 3.25. The lowest BCUT2D eigenvalue weighted by molar-refractivity contribution is -0.123. The molecule has 5 nitrogen and oxygen atoms in total. The van der Waals surface area contributed by atoms with Crippen LogP contribution < -0.4 is 10.1 Å². The molecule has 0 bridgehead atoms. The number of ether oxygens (including phenoxy) is 1. The highest BCUT2D eigenvalue weighted by Crippen LogP contribution is 2.42. The van der Waals surface area contributed by atoms with E-state index in [0.29, 0.717) is 38.6 Å². The summed E-state index contributed by atoms with van der Waals surface area (Å²) in [6, 6.07) is 15.2. The summed E-state index contributed by atoms with van der Waals surface area (Å²) in [5.74, 6) is 0.508. The summed E-state index contributed by atoms with van der Waals surface area (Å²) in [7, 11) is 0. The van der Waals surface area contributed by atoms with Gasteiger partial charge in [0, 0.05) is 17.1 Å². The second kappa shape index (κ2) is 9.41. The molecule has 4 rings (SSSR count). The number of amides is 1. The predicted molar refractivity (Wildman–Crippen MR) is 128 cm³/mol. The third-order valence-corrected chi connectivity index (χ3v) is 6.52. The molecule has 0 saturated heterocycles. The number of rotatable bonds is 6. The van der Waals surface area contributed by atoms with Crippen molar-refractivity contribution in [1.82, 2.24) is 10.3 Å². The van der Waals surface area contributed by atoms with Crippen LogP contribution in [-0.2, 0) is 11.3 Å². The Morgan fingerprint density at radius 2 is 1.62 bits per heavy atom. The van der Waals surface area contributed by atoms with Crippen molar-refractivity contribution in [2.75, 3.05) is 6.61 Å². The molecule has 1 heterocycles. The van der Waals surface area contributed by atoms with E-state index in [2.05, 4.69) is 10.3 Å². The summed E-state index contributed by atoms with van der Waals surface area (Å²) in [5, 5.41) is 3.90. The van der Waals surface area contributed by atoms with E-state index in [-0.39, 0.29) is 18.3 Å². The van der Waals surface area contributed by atoms with E-state index < -0.39 is 0 Å². The van der Waals surface area contributed by atoms with Crippen molar-refractivity contribution in [2.45, 2.75) is 20.4 Å². The highest BCUT2D eigenvalue weighted by atomic mass is 35.5. The van der Waals surface area contributed by atoms with Crippen molar-refractivity contribution in [3.8, 4) is 17.2 Å². The largest absolute Gasteiger partial charge is 0.481 e. The number of nitrogens with one attached hydrogen (secondary N) is 1. The van der Waals surface area contributed by atoms with Crippen molar-refractivity contribution in [2.24, 2.45) is 0 Å². The molecule has 0 saturated carbocycles. The van der Waals surface area contributed by atoms with E-state index in [1.165, 1.54) is 0 Å². The Labute approximate surface area is 200 Å². The molecule has 0 radical (unpaired) electrons. The molecule has 4 aromatic rings. The first-order valence-electron chi connectivity index (χ1n) is 9.83. The Morgan fingerprint density at radius 1 is 0.969 bits per heavy atom. The molecule has 0 aliphatic heterocycles. The second-order valence-corrected chi connectivity index (χ2v) is 8.40. The van der Waals surface area contributed by atoms with E-state index in [1.807, 2.05) is 48.5 Å². The fraction of sp³-hybridized carbons (Fsp3) is 0.167. The van der Waals surface area contributed by atoms with E-state index in [9.17, 15) is 4.79 Å². The standard InChI is InChI=1S/C24H19Cl3N2O3/c1-13-20(25)14(2)22(27)23(21(13)26)31-12-19(30)28-11-15-7-9-16(10-8-15)24-29-17-5-3-4-6-18(17)32-24/h3-10H,11-12H2,1-2H3,(H,28,30). The fourth-order valence-electron chi connectivity index (χ4n) is 3.19. The topological polar surface area (TPSA) is 64.4 Å². The van der Waals surface area contributed by atoms with Crippen LogP contribution in [0, 0.1) is 13.8 Å². The number of halogens is 3. The zero-order valence-corrected chi connectivity index (χ0v) is 19.6. The summed E-state index contributed by atoms with van der Waals surface area (Å²) in [6.45, 7) is 3.66. The van der Waals surface area contributed by atoms with Gasteiger partial charge in [-0.15, -0.1) is 0 Å². The monoisotopic (exact) mass is 488 g/mol. The highest BCUT2D eigenvalue weighted by molar-refractivity contribution is 6.42. The Bertz CT molecular complexity index is 1240. The molecule has 0 aliphatic carbocycles. The average molecular weight is 490 g/mol. The maximum atomic E-state index is 12.3. The van der Waals surface area contributed by atoms with E-state index in [4.69, 9.17) is 44.0 Å². The van der Waals surface area contributed by atoms with Gasteiger partial charge in [-0.1, -0.05) is 59.1 Å². The van der Waals surface area contributed by atoms with Crippen LogP contribution in [0.25, 0.3) is 22.6 Å². The number of oxazole rings is 1. The Hall–Kier alpha value is -2.73. The first-order chi connectivity index (χ1) is 15.3. The van der Waals surface area contributed by atoms with Gasteiger partial charge in [0.1, 0.15) is 5.52 Å². The minimum atomic E-state index is -0.301. The molecular weight excluding hydrogens is 471 g/mol. The predicted octanol–water partition coefficient (Wildman–Crippen LogP) is 6.77. The lowest BCUT2D eigenvalue weighted by Gasteiger charge is -2.15. The lowest BCUT2D eigenvalue weighted by Crippen LogP contribution is -2.28. The van der Waals surface area contributed by atoms with Gasteiger partial charge in [-0.3, -0.25) is 4.79 Å². The number of hydrogen-bond acceptors (Lipinski definition) is 4. The van der Waals surface area contributed by atoms with Crippen LogP contribution in [0.15, 0.2) is 52.9 Å². The van der Waals surface area contributed by atoms with Gasteiger partial charge in [-0.25, -0.2) is 4.98 Å². The number of nitrogens with zero attached hydrogens (tertiary/aromatic N) is 1. The number of fused-ring (bicyclic) bond motifs is 1. The van der Waals surface area contributed by atoms with Crippen LogP contribution in [0.2, 0.25) is 15.1 Å². The van der Waals surface area contributed by atoms with Gasteiger partial charge in [0.05, 0.1) is 10.0 Å². The zero-order chi connectivity index (χ0) is 22.8. The molecule has 1 amide bonds. The van der Waals surface area contributed by atoms with Gasteiger partial charge in [-0.2, -0.15) is 0 Å². The van der Waals surface area contributed by atoms with Crippen molar-refractivity contribution < 1.29 is 13.9 Å². The zero-order valence-electron chi connectivity index (χ0n) is 17.3. The number of hydrogen-bond donors (Lipinski definition) is 1. The van der Waals surface area contributed by atoms with Crippen LogP contribution >= 0.6 is 34.8 Å². The third kappa shape index (κ3) is 4.56. The molecule has 0 atom stereocenters. The van der Waals surface area contributed by atoms with Crippen LogP contribution in [0.3, 0.4) is 0 Å². The third-order valence-electron chi connectivity index (χ3n) is 5.05. The summed E-state index contributed by atoms with van der Waals surface area (Å²) >= 11 is 18.8. The van der Waals surface area contributed by atoms with Crippen molar-refractivity contribution >= 4 is 51.8 Å². The smallest absolute Gasteiger partial charge is 0.258 e. The molecule has 1 aromatic heterocycles. The van der Waals surface area contributed by atoms with Crippen LogP contribution in [0.5, 0.6) is 5.75 Å². The number of para-hydroxylation sites is 2. The first kappa shape index (κ1) is 22.5. The molecule has 32 heavy (non-hydrogen) atoms. The molecular formula is C24H19Cl3N2O3. The minimum absolute atomic E-state index is 0.221. The number of carbonyl (C=O) groups excluding carboxylic acids is 1. The van der Waals surface area contributed by atoms with Crippen LogP contribution in [0.1, 0.15) is 16.7 Å². The van der Waals surface area contributed by atoms with E-state index in [1.54, 1.807) is 13.8 Å². The summed E-state index contributed by atoms with van der Waals surface area (Å²) in [4.78, 5) is 16.8. The number of carbonyl (C=O) groups is 1. The fourth-order valence-corrected chi connectivity index (χ4v) is 4.01. The van der Waals surface area contributed by atoms with Gasteiger partial charge in [0.25, 0.3) is 5.91 Å². The molecule has 0 spiro atoms. The first-order valence-corrected chi connectivity index (χ1v) is 11.0. The summed E-state index contributed by atoms with van der Waals surface area (Å²) < 4.78 is 11.4. The maximum absolute atomic E-state index is 12.3. The maximum Gasteiger partial charge on any atom is 0.258 e. The van der Waals surface area contributed by atoms with Gasteiger partial charge >= 0.3 is 0 Å². The van der Waals surface area contributed by atoms with Crippen molar-refractivity contribution in [1.29, 1.82) is 0 Å². The second-order valence-electron chi connectivity index (χ2n) is 7.27. The molecule has 164 valence electrons. The van der Waals surface area contributed by atoms with E-state index in [0.717, 1.165) is 22.2 Å². The minimum Gasteiger partial charge on any atom is -0.481 e. The highest BCUT2D eigenvalue weighted by Gasteiger charge is 2.18. The molecule has 8 heteroatoms. The molecule has 0 unspecified atom stereocenters. The van der Waals surface area contributed by atoms with Gasteiger partial charge in [0.2, 0.25) is 5.89 Å². The molecule has 0 fully saturated rings. The Balaban J connectivity index is 1.36. The van der Waals surface area contributed by atoms with Crippen molar-refractivity contribution in [3.05, 3.63) is 80.3 Å². The number of benzene rings is 3. The van der Waals surface area contributed by atoms with Crippen molar-refractivity contribution in [3.63, 3.8) is 0 Å².